The maximum Gasteiger partial charge on any atom is 0.407 e. The molecule has 2 aromatic heterocycles. The van der Waals surface area contributed by atoms with Gasteiger partial charge in [0.1, 0.15) is 23.7 Å². The summed E-state index contributed by atoms with van der Waals surface area (Å²) in [5, 5.41) is 7.69. The maximum absolute atomic E-state index is 13.9. The monoisotopic (exact) mass is 870 g/mol. The predicted molar refractivity (Wildman–Crippen MR) is 246 cm³/mol. The van der Waals surface area contributed by atoms with Crippen molar-refractivity contribution >= 4 is 34.8 Å². The van der Waals surface area contributed by atoms with Gasteiger partial charge in [0.2, 0.25) is 11.8 Å². The van der Waals surface area contributed by atoms with Gasteiger partial charge in [-0.1, -0.05) is 95.6 Å². The van der Waals surface area contributed by atoms with E-state index in [1.54, 1.807) is 0 Å². The van der Waals surface area contributed by atoms with Crippen LogP contribution in [0.1, 0.15) is 115 Å². The highest BCUT2D eigenvalue weighted by molar-refractivity contribution is 6.04. The molecule has 14 nitrogen and oxygen atoms in total. The number of hydrogen-bond acceptors (Lipinski definition) is 8. The van der Waals surface area contributed by atoms with E-state index in [1.165, 1.54) is 26.2 Å². The van der Waals surface area contributed by atoms with Gasteiger partial charge in [0.15, 0.2) is 0 Å². The van der Waals surface area contributed by atoms with Gasteiger partial charge in [-0.2, -0.15) is 0 Å². The van der Waals surface area contributed by atoms with E-state index >= 15 is 0 Å². The Morgan fingerprint density at radius 3 is 1.67 bits per heavy atom. The van der Waals surface area contributed by atoms with Gasteiger partial charge < -0.3 is 39.9 Å². The van der Waals surface area contributed by atoms with Gasteiger partial charge in [-0.15, -0.1) is 0 Å². The molecular formula is C50H62N8O6. The fourth-order valence-corrected chi connectivity index (χ4v) is 10.3. The first-order valence-corrected chi connectivity index (χ1v) is 22.9. The lowest BCUT2D eigenvalue weighted by Gasteiger charge is -2.30. The van der Waals surface area contributed by atoms with Crippen LogP contribution in [-0.2, 0) is 19.1 Å². The van der Waals surface area contributed by atoms with Crippen LogP contribution in [0.3, 0.4) is 0 Å². The molecular weight excluding hydrogens is 809 g/mol. The standard InChI is InChI=1S/C50H62N8O6/c1-28(2)43(55-49(61)63-6)47(59)57-22-10-14-41(57)45-51-26-39(53-45)36-21-20-33(34-12-8-9-13-35(34)36)32-18-19-37(38(25-32)31-17-16-30(5)24-31)40-27-52-46(54-40)42-15-11-23-58(42)48(60)44(29(3)4)56-50(62)64-7/h8-9,12-13,18-21,25-31,41-44H,10-11,14-17,22-24H2,1-7H3,(H,51,53)(H,52,54)(H,55,61)(H,56,62). The highest BCUT2D eigenvalue weighted by Crippen LogP contribution is 2.45. The van der Waals surface area contributed by atoms with Crippen molar-refractivity contribution in [1.29, 1.82) is 0 Å². The van der Waals surface area contributed by atoms with Gasteiger partial charge in [0.25, 0.3) is 0 Å². The maximum atomic E-state index is 13.9. The number of amides is 4. The van der Waals surface area contributed by atoms with Gasteiger partial charge in [0, 0.05) is 24.2 Å². The number of hydrogen-bond donors (Lipinski definition) is 4. The second-order valence-corrected chi connectivity index (χ2v) is 18.6. The minimum Gasteiger partial charge on any atom is -0.453 e. The molecule has 0 radical (unpaired) electrons. The highest BCUT2D eigenvalue weighted by Gasteiger charge is 2.39. The summed E-state index contributed by atoms with van der Waals surface area (Å²) in [5.74, 6) is 2.00. The zero-order valence-electron chi connectivity index (χ0n) is 38.1. The van der Waals surface area contributed by atoms with Gasteiger partial charge >= 0.3 is 12.2 Å². The normalized spacial score (nSPS) is 20.8. The Balaban J connectivity index is 1.09. The molecule has 1 aliphatic carbocycles. The van der Waals surface area contributed by atoms with E-state index in [9.17, 15) is 19.2 Å². The fraction of sp³-hybridized carbons (Fsp3) is 0.480. The first-order chi connectivity index (χ1) is 30.9. The van der Waals surface area contributed by atoms with Crippen molar-refractivity contribution in [3.63, 3.8) is 0 Å². The number of fused-ring (bicyclic) bond motifs is 1. The Morgan fingerprint density at radius 2 is 1.17 bits per heavy atom. The average Bonchev–Trinajstić information content (AvgIpc) is 4.16. The fourth-order valence-electron chi connectivity index (χ4n) is 10.3. The van der Waals surface area contributed by atoms with Gasteiger partial charge in [-0.25, -0.2) is 19.6 Å². The van der Waals surface area contributed by atoms with Crippen LogP contribution in [0.5, 0.6) is 0 Å². The van der Waals surface area contributed by atoms with E-state index in [-0.39, 0.29) is 35.7 Å². The summed E-state index contributed by atoms with van der Waals surface area (Å²) in [6.07, 6.45) is 9.16. The number of ether oxygens (including phenoxy) is 2. The number of imidazole rings is 2. The van der Waals surface area contributed by atoms with Crippen LogP contribution in [0, 0.1) is 17.8 Å². The summed E-state index contributed by atoms with van der Waals surface area (Å²) >= 11 is 0. The number of carbonyl (C=O) groups excluding carboxylic acids is 4. The number of H-pyrrole nitrogens is 2. The molecule has 14 heteroatoms. The molecule has 0 bridgehead atoms. The van der Waals surface area contributed by atoms with Crippen molar-refractivity contribution in [1.82, 2.24) is 40.4 Å². The average molecular weight is 871 g/mol. The van der Waals surface area contributed by atoms with E-state index in [1.807, 2.05) is 49.9 Å². The zero-order valence-corrected chi connectivity index (χ0v) is 38.1. The number of aromatic nitrogens is 4. The first-order valence-electron chi connectivity index (χ1n) is 22.9. The number of nitrogens with one attached hydrogen (secondary N) is 4. The summed E-state index contributed by atoms with van der Waals surface area (Å²) in [6, 6.07) is 17.8. The molecule has 338 valence electrons. The Hall–Kier alpha value is -6.18. The number of carbonyl (C=O) groups is 4. The summed E-state index contributed by atoms with van der Waals surface area (Å²) < 4.78 is 9.65. The van der Waals surface area contributed by atoms with Crippen LogP contribution >= 0.6 is 0 Å². The molecule has 3 aliphatic rings. The third kappa shape index (κ3) is 8.83. The molecule has 4 N–H and O–H groups in total. The molecule has 2 saturated heterocycles. The van der Waals surface area contributed by atoms with Crippen molar-refractivity contribution in [2.45, 2.75) is 110 Å². The third-order valence-corrected chi connectivity index (χ3v) is 13.7. The molecule has 0 spiro atoms. The largest absolute Gasteiger partial charge is 0.453 e. The molecule has 8 rings (SSSR count). The molecule has 1 saturated carbocycles. The van der Waals surface area contributed by atoms with Crippen molar-refractivity contribution < 1.29 is 28.7 Å². The number of alkyl carbamates (subject to hydrolysis) is 2. The van der Waals surface area contributed by atoms with E-state index < -0.39 is 24.3 Å². The lowest BCUT2D eigenvalue weighted by Crippen LogP contribution is -2.51. The van der Waals surface area contributed by atoms with Crippen LogP contribution in [0.25, 0.3) is 44.4 Å². The van der Waals surface area contributed by atoms with Crippen molar-refractivity contribution in [2.75, 3.05) is 27.3 Å². The first kappa shape index (κ1) is 44.4. The molecule has 4 amide bonds. The van der Waals surface area contributed by atoms with Crippen LogP contribution in [0.4, 0.5) is 9.59 Å². The molecule has 64 heavy (non-hydrogen) atoms. The molecule has 3 fully saturated rings. The number of rotatable bonds is 12. The van der Waals surface area contributed by atoms with E-state index in [4.69, 9.17) is 19.4 Å². The van der Waals surface area contributed by atoms with E-state index in [2.05, 4.69) is 82.1 Å². The van der Waals surface area contributed by atoms with E-state index in [0.717, 1.165) is 94.6 Å². The van der Waals surface area contributed by atoms with Crippen molar-refractivity contribution in [3.8, 4) is 33.6 Å². The Labute approximate surface area is 375 Å². The second-order valence-electron chi connectivity index (χ2n) is 18.6. The minimum atomic E-state index is -0.704. The topological polar surface area (TPSA) is 175 Å². The summed E-state index contributed by atoms with van der Waals surface area (Å²) in [6.45, 7) is 11.2. The van der Waals surface area contributed by atoms with Crippen LogP contribution in [-0.4, -0.2) is 93.1 Å². The number of methoxy groups -OCH3 is 2. The summed E-state index contributed by atoms with van der Waals surface area (Å²) in [7, 11) is 2.60. The lowest BCUT2D eigenvalue weighted by atomic mass is 9.86. The second kappa shape index (κ2) is 18.9. The third-order valence-electron chi connectivity index (χ3n) is 13.7. The SMILES string of the molecule is COC(=O)NC(C(=O)N1CCCC1c1ncc(-c2ccc(-c3ccc(-c4cnc(C5CCCN5C(=O)C(NC(=O)OC)C(C)C)[nH]4)c4ccccc34)cc2C2CCC(C)C2)[nH]1)C(C)C. The lowest BCUT2D eigenvalue weighted by molar-refractivity contribution is -0.136. The van der Waals surface area contributed by atoms with Gasteiger partial charge in [-0.05, 0) is 89.7 Å². The Morgan fingerprint density at radius 1 is 0.672 bits per heavy atom. The van der Waals surface area contributed by atoms with Gasteiger partial charge in [-0.3, -0.25) is 9.59 Å². The number of aromatic amines is 2. The highest BCUT2D eigenvalue weighted by atomic mass is 16.5. The molecule has 4 heterocycles. The zero-order chi connectivity index (χ0) is 45.2. The van der Waals surface area contributed by atoms with Crippen molar-refractivity contribution in [3.05, 3.63) is 84.2 Å². The van der Waals surface area contributed by atoms with Gasteiger partial charge in [0.05, 0.1) is 50.1 Å². The number of likely N-dealkylation sites (tertiary alicyclic amines) is 2. The number of benzene rings is 3. The quantitative estimate of drug-likeness (QED) is 0.0960. The Kier molecular flexibility index (Phi) is 13.1. The smallest absolute Gasteiger partial charge is 0.407 e. The predicted octanol–water partition coefficient (Wildman–Crippen LogP) is 9.28. The Bertz CT molecular complexity index is 2510. The van der Waals surface area contributed by atoms with Crippen molar-refractivity contribution in [2.24, 2.45) is 17.8 Å². The molecule has 3 aromatic carbocycles. The summed E-state index contributed by atoms with van der Waals surface area (Å²) in [5.41, 5.74) is 7.51. The molecule has 6 atom stereocenters. The molecule has 5 aromatic rings. The van der Waals surface area contributed by atoms with Crippen LogP contribution in [0.2, 0.25) is 0 Å². The van der Waals surface area contributed by atoms with Crippen LogP contribution in [0.15, 0.2) is 67.0 Å². The number of nitrogens with zero attached hydrogens (tertiary/aromatic N) is 4. The summed E-state index contributed by atoms with van der Waals surface area (Å²) in [4.78, 5) is 72.6. The minimum absolute atomic E-state index is 0.115. The molecule has 6 unspecified atom stereocenters. The molecule has 2 aliphatic heterocycles. The van der Waals surface area contributed by atoms with E-state index in [0.29, 0.717) is 24.9 Å². The van der Waals surface area contributed by atoms with Crippen LogP contribution < -0.4 is 10.6 Å².